The Morgan fingerprint density at radius 3 is 1.80 bits per heavy atom. The number of aryl methyl sites for hydroxylation is 1. The van der Waals surface area contributed by atoms with E-state index in [0.717, 1.165) is 42.1 Å². The van der Waals surface area contributed by atoms with Crippen molar-refractivity contribution in [3.05, 3.63) is 29.8 Å². The third-order valence-electron chi connectivity index (χ3n) is 7.42. The van der Waals surface area contributed by atoms with Gasteiger partial charge in [-0.15, -0.1) is 0 Å². The highest BCUT2D eigenvalue weighted by atomic mass is 19.3. The maximum absolute atomic E-state index is 13.0. The van der Waals surface area contributed by atoms with Crippen LogP contribution >= 0.6 is 0 Å². The fourth-order valence-electron chi connectivity index (χ4n) is 5.60. The minimum atomic E-state index is -4.45. The van der Waals surface area contributed by atoms with Gasteiger partial charge in [0.1, 0.15) is 5.75 Å². The van der Waals surface area contributed by atoms with Gasteiger partial charge in [0.2, 0.25) is 0 Å². The lowest BCUT2D eigenvalue weighted by Gasteiger charge is -2.38. The van der Waals surface area contributed by atoms with E-state index in [4.69, 9.17) is 0 Å². The third kappa shape index (κ3) is 6.62. The predicted molar refractivity (Wildman–Crippen MR) is 112 cm³/mol. The van der Waals surface area contributed by atoms with Crippen LogP contribution in [0.3, 0.4) is 0 Å². The molecule has 0 bridgehead atoms. The van der Waals surface area contributed by atoms with Crippen LogP contribution in [0.15, 0.2) is 24.3 Å². The maximum Gasteiger partial charge on any atom is 0.461 e. The first-order valence-electron chi connectivity index (χ1n) is 11.8. The highest BCUT2D eigenvalue weighted by Crippen LogP contribution is 2.43. The molecule has 2 aliphatic carbocycles. The zero-order valence-electron chi connectivity index (χ0n) is 18.1. The van der Waals surface area contributed by atoms with Gasteiger partial charge >= 0.3 is 12.5 Å². The van der Waals surface area contributed by atoms with Crippen LogP contribution in [-0.4, -0.2) is 12.5 Å². The Morgan fingerprint density at radius 1 is 0.833 bits per heavy atom. The fourth-order valence-corrected chi connectivity index (χ4v) is 5.60. The molecule has 2 aliphatic rings. The molecule has 3 rings (SSSR count). The summed E-state index contributed by atoms with van der Waals surface area (Å²) in [7, 11) is 0. The first kappa shape index (κ1) is 23.4. The Hall–Kier alpha value is -1.26. The molecule has 2 saturated carbocycles. The van der Waals surface area contributed by atoms with Gasteiger partial charge in [0.15, 0.2) is 0 Å². The molecule has 0 N–H and O–H groups in total. The Labute approximate surface area is 178 Å². The lowest BCUT2D eigenvalue weighted by Crippen LogP contribution is -2.33. The van der Waals surface area contributed by atoms with Crippen molar-refractivity contribution < 1.29 is 22.3 Å². The summed E-state index contributed by atoms with van der Waals surface area (Å²) in [5.41, 5.74) is 1.04. The molecule has 1 aromatic carbocycles. The molecule has 0 aromatic heterocycles. The highest BCUT2D eigenvalue weighted by Gasteiger charge is 2.43. The summed E-state index contributed by atoms with van der Waals surface area (Å²) in [5.74, 6) is 3.34. The van der Waals surface area contributed by atoms with E-state index in [1.54, 1.807) is 12.1 Å². The number of rotatable bonds is 9. The number of halogens is 4. The van der Waals surface area contributed by atoms with E-state index < -0.39 is 12.5 Å². The van der Waals surface area contributed by atoms with Crippen LogP contribution in [0, 0.1) is 23.7 Å². The van der Waals surface area contributed by atoms with E-state index in [2.05, 4.69) is 11.7 Å². The quantitative estimate of drug-likeness (QED) is 0.360. The van der Waals surface area contributed by atoms with Crippen LogP contribution in [0.5, 0.6) is 5.75 Å². The van der Waals surface area contributed by atoms with Crippen LogP contribution in [0.4, 0.5) is 17.6 Å². The second-order valence-corrected chi connectivity index (χ2v) is 9.50. The molecule has 0 atom stereocenters. The van der Waals surface area contributed by atoms with E-state index in [1.165, 1.54) is 76.3 Å². The van der Waals surface area contributed by atoms with Crippen LogP contribution in [0.25, 0.3) is 0 Å². The Bertz CT molecular complexity index is 615. The topological polar surface area (TPSA) is 9.23 Å². The first-order chi connectivity index (χ1) is 14.4. The molecule has 2 fully saturated rings. The van der Waals surface area contributed by atoms with E-state index in [9.17, 15) is 17.6 Å². The Morgan fingerprint density at radius 2 is 1.33 bits per heavy atom. The monoisotopic (exact) mass is 428 g/mol. The van der Waals surface area contributed by atoms with Crippen LogP contribution < -0.4 is 4.74 Å². The maximum atomic E-state index is 13.0. The normalized spacial score (nSPS) is 27.9. The summed E-state index contributed by atoms with van der Waals surface area (Å²) in [6.07, 6.45) is 7.44. The van der Waals surface area contributed by atoms with Crippen molar-refractivity contribution in [1.82, 2.24) is 0 Å². The molecule has 30 heavy (non-hydrogen) atoms. The minimum Gasteiger partial charge on any atom is -0.428 e. The summed E-state index contributed by atoms with van der Waals surface area (Å²) < 4.78 is 54.5. The molecule has 0 aliphatic heterocycles. The molecule has 0 saturated heterocycles. The van der Waals surface area contributed by atoms with Gasteiger partial charge in [-0.1, -0.05) is 57.6 Å². The second-order valence-electron chi connectivity index (χ2n) is 9.50. The summed E-state index contributed by atoms with van der Waals surface area (Å²) in [6.45, 7) is 2.29. The van der Waals surface area contributed by atoms with Gasteiger partial charge in [0.05, 0.1) is 0 Å². The molecule has 0 amide bonds. The van der Waals surface area contributed by atoms with Crippen molar-refractivity contribution in [2.75, 3.05) is 0 Å². The van der Waals surface area contributed by atoms with Crippen molar-refractivity contribution >= 4 is 0 Å². The number of alkyl halides is 4. The van der Waals surface area contributed by atoms with Gasteiger partial charge in [-0.2, -0.15) is 17.6 Å². The molecular weight excluding hydrogens is 392 g/mol. The molecule has 1 aromatic rings. The van der Waals surface area contributed by atoms with E-state index >= 15 is 0 Å². The van der Waals surface area contributed by atoms with E-state index in [1.807, 2.05) is 0 Å². The number of benzene rings is 1. The van der Waals surface area contributed by atoms with Crippen LogP contribution in [0.2, 0.25) is 0 Å². The number of hydrogen-bond donors (Lipinski definition) is 0. The van der Waals surface area contributed by atoms with Crippen molar-refractivity contribution in [3.8, 4) is 5.75 Å². The Balaban J connectivity index is 1.37. The van der Waals surface area contributed by atoms with Gasteiger partial charge in [-0.25, -0.2) is 0 Å². The second kappa shape index (κ2) is 10.9. The lowest BCUT2D eigenvalue weighted by molar-refractivity contribution is -0.253. The zero-order chi connectivity index (χ0) is 21.6. The van der Waals surface area contributed by atoms with Crippen molar-refractivity contribution in [1.29, 1.82) is 0 Å². The van der Waals surface area contributed by atoms with Gasteiger partial charge in [-0.3, -0.25) is 0 Å². The van der Waals surface area contributed by atoms with E-state index in [0.29, 0.717) is 0 Å². The number of ether oxygens (including phenoxy) is 1. The summed E-state index contributed by atoms with van der Waals surface area (Å²) in [5, 5.41) is 0. The molecule has 1 nitrogen and oxygen atoms in total. The molecule has 0 radical (unpaired) electrons. The zero-order valence-corrected chi connectivity index (χ0v) is 18.1. The Kier molecular flexibility index (Phi) is 8.47. The molecule has 5 heteroatoms. The van der Waals surface area contributed by atoms with Crippen molar-refractivity contribution in [2.45, 2.75) is 96.5 Å². The van der Waals surface area contributed by atoms with Gasteiger partial charge < -0.3 is 4.74 Å². The first-order valence-corrected chi connectivity index (χ1v) is 11.8. The average molecular weight is 429 g/mol. The van der Waals surface area contributed by atoms with Gasteiger partial charge in [-0.05, 0) is 79.9 Å². The predicted octanol–water partition coefficient (Wildman–Crippen LogP) is 8.27. The summed E-state index contributed by atoms with van der Waals surface area (Å²) in [4.78, 5) is 0. The number of hydrogen-bond acceptors (Lipinski definition) is 1. The lowest BCUT2D eigenvalue weighted by atomic mass is 9.68. The largest absolute Gasteiger partial charge is 0.461 e. The van der Waals surface area contributed by atoms with Gasteiger partial charge in [0.25, 0.3) is 0 Å². The van der Waals surface area contributed by atoms with Crippen molar-refractivity contribution in [2.24, 2.45) is 23.7 Å². The standard InChI is InChI=1S/C25H36F4O/c1-2-3-18-6-12-21(13-7-18)22-14-8-19(9-15-22)4-5-20-10-16-23(17-11-20)30-25(28,29)24(26)27/h10-11,16-19,21-22,24H,2-9,12-15H2,1H3. The van der Waals surface area contributed by atoms with Crippen LogP contribution in [0.1, 0.15) is 83.1 Å². The third-order valence-corrected chi connectivity index (χ3v) is 7.42. The fraction of sp³-hybridized carbons (Fsp3) is 0.760. The SMILES string of the molecule is CCCC1CCC(C2CCC(CCc3ccc(OC(F)(F)C(F)F)cc3)CC2)CC1. The minimum absolute atomic E-state index is 0.224. The van der Waals surface area contributed by atoms with Crippen molar-refractivity contribution in [3.63, 3.8) is 0 Å². The molecule has 170 valence electrons. The molecule has 0 heterocycles. The summed E-state index contributed by atoms with van der Waals surface area (Å²) >= 11 is 0. The highest BCUT2D eigenvalue weighted by molar-refractivity contribution is 5.27. The average Bonchev–Trinajstić information content (AvgIpc) is 2.74. The van der Waals surface area contributed by atoms with E-state index in [-0.39, 0.29) is 5.75 Å². The van der Waals surface area contributed by atoms with Crippen LogP contribution in [-0.2, 0) is 6.42 Å². The molecule has 0 unspecified atom stereocenters. The smallest absolute Gasteiger partial charge is 0.428 e. The molecular formula is C25H36F4O. The molecule has 0 spiro atoms. The summed E-state index contributed by atoms with van der Waals surface area (Å²) in [6, 6.07) is 6.13. The van der Waals surface area contributed by atoms with Gasteiger partial charge in [0, 0.05) is 0 Å².